The predicted octanol–water partition coefficient (Wildman–Crippen LogP) is 20.5. The SMILES string of the molecule is CCCCC/C=C\C/C=C\C/C=C\C/C=C\C/C=C\CCC(=O)OC[C@H](COC(=O)CCCCCCCCCCCCC/C=C\CCCCCCCC)OC(=O)CCCCCCCCCCCCCCC. The van der Waals surface area contributed by atoms with E-state index in [4.69, 9.17) is 14.2 Å². The molecule has 0 aliphatic heterocycles. The number of ether oxygens (including phenoxy) is 3. The van der Waals surface area contributed by atoms with Crippen LogP contribution >= 0.6 is 0 Å². The zero-order valence-corrected chi connectivity index (χ0v) is 47.0. The minimum absolute atomic E-state index is 0.0958. The lowest BCUT2D eigenvalue weighted by atomic mass is 10.0. The van der Waals surface area contributed by atoms with Gasteiger partial charge >= 0.3 is 17.9 Å². The average molecular weight is 992 g/mol. The molecule has 0 N–H and O–H groups in total. The Balaban J connectivity index is 4.41. The van der Waals surface area contributed by atoms with Crippen molar-refractivity contribution in [2.24, 2.45) is 0 Å². The summed E-state index contributed by atoms with van der Waals surface area (Å²) in [6, 6.07) is 0. The molecule has 0 amide bonds. The summed E-state index contributed by atoms with van der Waals surface area (Å²) in [6.07, 6.45) is 76.2. The van der Waals surface area contributed by atoms with Crippen LogP contribution < -0.4 is 0 Å². The van der Waals surface area contributed by atoms with Crippen LogP contribution in [0.1, 0.15) is 303 Å². The molecule has 0 aliphatic rings. The molecule has 0 aromatic heterocycles. The zero-order chi connectivity index (χ0) is 51.4. The van der Waals surface area contributed by atoms with Crippen molar-refractivity contribution < 1.29 is 28.6 Å². The van der Waals surface area contributed by atoms with Gasteiger partial charge in [0.05, 0.1) is 0 Å². The summed E-state index contributed by atoms with van der Waals surface area (Å²) in [4.78, 5) is 38.2. The summed E-state index contributed by atoms with van der Waals surface area (Å²) in [5.74, 6) is -0.971. The molecule has 1 atom stereocenters. The third kappa shape index (κ3) is 57.6. The van der Waals surface area contributed by atoms with Crippen LogP contribution in [0.2, 0.25) is 0 Å². The molecule has 0 bridgehead atoms. The Bertz CT molecular complexity index is 1320. The average Bonchev–Trinajstić information content (AvgIpc) is 3.37. The lowest BCUT2D eigenvalue weighted by Crippen LogP contribution is -2.30. The van der Waals surface area contributed by atoms with Gasteiger partial charge in [-0.3, -0.25) is 14.4 Å². The van der Waals surface area contributed by atoms with Gasteiger partial charge in [-0.15, -0.1) is 0 Å². The molecule has 6 nitrogen and oxygen atoms in total. The summed E-state index contributed by atoms with van der Waals surface area (Å²) in [7, 11) is 0. The summed E-state index contributed by atoms with van der Waals surface area (Å²) in [6.45, 7) is 6.57. The Kier molecular flexibility index (Phi) is 56.8. The van der Waals surface area contributed by atoms with Gasteiger partial charge in [0.25, 0.3) is 0 Å². The molecule has 0 saturated heterocycles. The van der Waals surface area contributed by atoms with E-state index in [2.05, 4.69) is 87.6 Å². The molecule has 0 aromatic rings. The van der Waals surface area contributed by atoms with Crippen LogP contribution in [-0.4, -0.2) is 37.2 Å². The highest BCUT2D eigenvalue weighted by atomic mass is 16.6. The van der Waals surface area contributed by atoms with Gasteiger partial charge in [0.15, 0.2) is 6.10 Å². The van der Waals surface area contributed by atoms with Gasteiger partial charge in [0.2, 0.25) is 0 Å². The number of esters is 3. The van der Waals surface area contributed by atoms with E-state index in [9.17, 15) is 14.4 Å². The summed E-state index contributed by atoms with van der Waals surface area (Å²) < 4.78 is 16.8. The molecule has 0 spiro atoms. The number of hydrogen-bond acceptors (Lipinski definition) is 6. The van der Waals surface area contributed by atoms with Crippen LogP contribution in [0.15, 0.2) is 72.9 Å². The number of hydrogen-bond donors (Lipinski definition) is 0. The first kappa shape index (κ1) is 67.8. The Labute approximate surface area is 440 Å². The summed E-state index contributed by atoms with van der Waals surface area (Å²) in [5.41, 5.74) is 0. The van der Waals surface area contributed by atoms with E-state index in [-0.39, 0.29) is 37.5 Å². The first-order valence-corrected chi connectivity index (χ1v) is 30.4. The van der Waals surface area contributed by atoms with Crippen LogP contribution in [0, 0.1) is 0 Å². The van der Waals surface area contributed by atoms with Crippen LogP contribution in [0.4, 0.5) is 0 Å². The maximum Gasteiger partial charge on any atom is 0.306 e. The Morgan fingerprint density at radius 2 is 0.535 bits per heavy atom. The molecule has 410 valence electrons. The number of unbranched alkanes of at least 4 members (excludes halogenated alkanes) is 32. The van der Waals surface area contributed by atoms with Gasteiger partial charge in [0, 0.05) is 19.3 Å². The topological polar surface area (TPSA) is 78.9 Å². The molecular weight excluding hydrogens is 877 g/mol. The highest BCUT2D eigenvalue weighted by Crippen LogP contribution is 2.16. The lowest BCUT2D eigenvalue weighted by molar-refractivity contribution is -0.166. The van der Waals surface area contributed by atoms with Crippen molar-refractivity contribution in [1.29, 1.82) is 0 Å². The molecule has 6 heteroatoms. The summed E-state index contributed by atoms with van der Waals surface area (Å²) in [5, 5.41) is 0. The van der Waals surface area contributed by atoms with Gasteiger partial charge in [-0.25, -0.2) is 0 Å². The maximum absolute atomic E-state index is 12.8. The molecule has 0 fully saturated rings. The molecule has 0 heterocycles. The van der Waals surface area contributed by atoms with Gasteiger partial charge in [-0.2, -0.15) is 0 Å². The first-order chi connectivity index (χ1) is 35.0. The van der Waals surface area contributed by atoms with Crippen molar-refractivity contribution in [2.45, 2.75) is 309 Å². The van der Waals surface area contributed by atoms with Crippen molar-refractivity contribution in [3.8, 4) is 0 Å². The highest BCUT2D eigenvalue weighted by Gasteiger charge is 2.19. The Hall–Kier alpha value is -3.15. The number of carbonyl (C=O) groups excluding carboxylic acids is 3. The zero-order valence-electron chi connectivity index (χ0n) is 47.0. The van der Waals surface area contributed by atoms with Crippen LogP contribution in [0.3, 0.4) is 0 Å². The van der Waals surface area contributed by atoms with Crippen molar-refractivity contribution >= 4 is 17.9 Å². The number of rotatable bonds is 55. The minimum Gasteiger partial charge on any atom is -0.462 e. The smallest absolute Gasteiger partial charge is 0.306 e. The molecular formula is C65H114O6. The van der Waals surface area contributed by atoms with Crippen LogP contribution in [0.5, 0.6) is 0 Å². The third-order valence-corrected chi connectivity index (χ3v) is 13.2. The summed E-state index contributed by atoms with van der Waals surface area (Å²) >= 11 is 0. The van der Waals surface area contributed by atoms with E-state index in [1.165, 1.54) is 193 Å². The van der Waals surface area contributed by atoms with Gasteiger partial charge in [-0.05, 0) is 83.5 Å². The molecule has 0 rings (SSSR count). The predicted molar refractivity (Wildman–Crippen MR) is 307 cm³/mol. The standard InChI is InChI=1S/C65H114O6/c1-4-7-10-13-16-19-22-25-27-29-31-32-34-36-38-41-43-46-49-52-55-58-64(67)70-61-62(71-65(68)59-56-53-50-47-44-39-24-21-18-15-12-9-6-3)60-69-63(66)57-54-51-48-45-42-40-37-35-33-30-28-26-23-20-17-14-11-8-5-2/h17,20,25-28,33,35,40,42,48,51,62H,4-16,18-19,21-24,29-32,34,36-39,41,43-47,49-50,52-61H2,1-3H3/b20-17-,27-25-,28-26-,35-33-,42-40-,51-48-/t62-/m1/s1. The van der Waals surface area contributed by atoms with Crippen molar-refractivity contribution in [1.82, 2.24) is 0 Å². The molecule has 0 aromatic carbocycles. The quantitative estimate of drug-likeness (QED) is 0.0261. The molecule has 0 saturated carbocycles. The monoisotopic (exact) mass is 991 g/mol. The fourth-order valence-corrected chi connectivity index (χ4v) is 8.60. The van der Waals surface area contributed by atoms with E-state index >= 15 is 0 Å². The second kappa shape index (κ2) is 59.4. The van der Waals surface area contributed by atoms with Crippen molar-refractivity contribution in [2.75, 3.05) is 13.2 Å². The fourth-order valence-electron chi connectivity index (χ4n) is 8.60. The van der Waals surface area contributed by atoms with E-state index in [0.717, 1.165) is 64.2 Å². The van der Waals surface area contributed by atoms with Crippen molar-refractivity contribution in [3.05, 3.63) is 72.9 Å². The van der Waals surface area contributed by atoms with E-state index in [1.54, 1.807) is 0 Å². The number of carbonyl (C=O) groups is 3. The first-order valence-electron chi connectivity index (χ1n) is 30.4. The Morgan fingerprint density at radius 3 is 0.915 bits per heavy atom. The molecule has 0 unspecified atom stereocenters. The van der Waals surface area contributed by atoms with Crippen LogP contribution in [0.25, 0.3) is 0 Å². The minimum atomic E-state index is -0.804. The second-order valence-corrected chi connectivity index (χ2v) is 20.3. The van der Waals surface area contributed by atoms with E-state index in [0.29, 0.717) is 19.3 Å². The van der Waals surface area contributed by atoms with Gasteiger partial charge in [-0.1, -0.05) is 273 Å². The van der Waals surface area contributed by atoms with Crippen LogP contribution in [-0.2, 0) is 28.6 Å². The molecule has 71 heavy (non-hydrogen) atoms. The molecule has 0 radical (unpaired) electrons. The fraction of sp³-hybridized carbons (Fsp3) is 0.769. The van der Waals surface area contributed by atoms with E-state index < -0.39 is 6.10 Å². The number of allylic oxidation sites excluding steroid dienone is 12. The van der Waals surface area contributed by atoms with E-state index in [1.807, 2.05) is 6.08 Å². The third-order valence-electron chi connectivity index (χ3n) is 13.2. The lowest BCUT2D eigenvalue weighted by Gasteiger charge is -2.18. The normalized spacial score (nSPS) is 12.5. The highest BCUT2D eigenvalue weighted by molar-refractivity contribution is 5.71. The van der Waals surface area contributed by atoms with Crippen molar-refractivity contribution in [3.63, 3.8) is 0 Å². The molecule has 0 aliphatic carbocycles. The largest absolute Gasteiger partial charge is 0.462 e. The second-order valence-electron chi connectivity index (χ2n) is 20.3. The Morgan fingerprint density at radius 1 is 0.282 bits per heavy atom. The maximum atomic E-state index is 12.8. The van der Waals surface area contributed by atoms with Gasteiger partial charge < -0.3 is 14.2 Å². The van der Waals surface area contributed by atoms with Gasteiger partial charge in [0.1, 0.15) is 13.2 Å².